The van der Waals surface area contributed by atoms with E-state index in [1.807, 2.05) is 0 Å². The van der Waals surface area contributed by atoms with Crippen molar-refractivity contribution in [2.24, 2.45) is 0 Å². The van der Waals surface area contributed by atoms with E-state index in [2.05, 4.69) is 4.74 Å². The molecular weight excluding hydrogens is 262 g/mol. The van der Waals surface area contributed by atoms with Crippen molar-refractivity contribution in [1.29, 1.82) is 0 Å². The Hall–Kier alpha value is -1.56. The van der Waals surface area contributed by atoms with Crippen molar-refractivity contribution in [1.82, 2.24) is 4.90 Å². The zero-order valence-electron chi connectivity index (χ0n) is 12.9. The van der Waals surface area contributed by atoms with Gasteiger partial charge < -0.3 is 14.2 Å². The van der Waals surface area contributed by atoms with Gasteiger partial charge in [0.05, 0.1) is 19.8 Å². The summed E-state index contributed by atoms with van der Waals surface area (Å²) in [6.07, 6.45) is 2.40. The molecule has 1 amide bonds. The van der Waals surface area contributed by atoms with Crippen LogP contribution in [0.2, 0.25) is 0 Å². The molecule has 20 heavy (non-hydrogen) atoms. The number of methoxy groups -OCH3 is 1. The maximum atomic E-state index is 12.3. The van der Waals surface area contributed by atoms with E-state index in [9.17, 15) is 9.59 Å². The quantitative estimate of drug-likeness (QED) is 0.574. The second kappa shape index (κ2) is 5.83. The van der Waals surface area contributed by atoms with Crippen molar-refractivity contribution in [3.8, 4) is 0 Å². The van der Waals surface area contributed by atoms with Gasteiger partial charge in [-0.3, -0.25) is 4.90 Å². The van der Waals surface area contributed by atoms with Gasteiger partial charge >= 0.3 is 12.1 Å². The lowest BCUT2D eigenvalue weighted by Gasteiger charge is -2.34. The minimum Gasteiger partial charge on any atom is -0.466 e. The highest BCUT2D eigenvalue weighted by Crippen LogP contribution is 2.29. The standard InChI is InChI=1S/C14H23NO5/c1-13(2,3)20-12(17)15-10(7-8-11(16)18-6)9-19-14(15,4)5/h7-8,10H,9H2,1-6H3/b8-7-/t10-/m0/s1. The Labute approximate surface area is 119 Å². The molecule has 1 atom stereocenters. The molecule has 0 bridgehead atoms. The monoisotopic (exact) mass is 285 g/mol. The summed E-state index contributed by atoms with van der Waals surface area (Å²) in [5.74, 6) is -0.473. The minimum atomic E-state index is -0.784. The molecule has 6 nitrogen and oxygen atoms in total. The van der Waals surface area contributed by atoms with Gasteiger partial charge in [0.1, 0.15) is 11.3 Å². The van der Waals surface area contributed by atoms with E-state index >= 15 is 0 Å². The molecule has 0 N–H and O–H groups in total. The zero-order valence-corrected chi connectivity index (χ0v) is 12.9. The molecule has 0 spiro atoms. The highest BCUT2D eigenvalue weighted by Gasteiger charge is 2.44. The van der Waals surface area contributed by atoms with E-state index in [1.165, 1.54) is 18.1 Å². The SMILES string of the molecule is COC(=O)/C=C\[C@H]1COC(C)(C)N1C(=O)OC(C)(C)C. The van der Waals surface area contributed by atoms with Crippen LogP contribution in [0.5, 0.6) is 0 Å². The lowest BCUT2D eigenvalue weighted by Crippen LogP contribution is -2.49. The molecule has 0 unspecified atom stereocenters. The Morgan fingerprint density at radius 1 is 1.35 bits per heavy atom. The van der Waals surface area contributed by atoms with Gasteiger partial charge in [-0.15, -0.1) is 0 Å². The summed E-state index contributed by atoms with van der Waals surface area (Å²) in [6.45, 7) is 9.27. The third-order valence-corrected chi connectivity index (χ3v) is 2.76. The summed E-state index contributed by atoms with van der Waals surface area (Å²) in [5, 5.41) is 0. The second-order valence-electron chi connectivity index (χ2n) is 6.06. The van der Waals surface area contributed by atoms with Crippen LogP contribution in [0.3, 0.4) is 0 Å². The first-order valence-electron chi connectivity index (χ1n) is 6.49. The van der Waals surface area contributed by atoms with E-state index in [0.29, 0.717) is 6.61 Å². The molecular formula is C14H23NO5. The van der Waals surface area contributed by atoms with Crippen molar-refractivity contribution >= 4 is 12.1 Å². The van der Waals surface area contributed by atoms with E-state index < -0.39 is 23.4 Å². The molecule has 1 rings (SSSR count). The Bertz CT molecular complexity index is 408. The van der Waals surface area contributed by atoms with Gasteiger partial charge in [-0.25, -0.2) is 9.59 Å². The highest BCUT2D eigenvalue weighted by molar-refractivity contribution is 5.82. The molecule has 1 saturated heterocycles. The number of hydrogen-bond acceptors (Lipinski definition) is 5. The number of nitrogens with zero attached hydrogens (tertiary/aromatic N) is 1. The summed E-state index contributed by atoms with van der Waals surface area (Å²) < 4.78 is 15.5. The number of esters is 1. The van der Waals surface area contributed by atoms with Crippen LogP contribution in [-0.2, 0) is 19.0 Å². The number of hydrogen-bond donors (Lipinski definition) is 0. The predicted octanol–water partition coefficient (Wildman–Crippen LogP) is 2.09. The Morgan fingerprint density at radius 3 is 2.45 bits per heavy atom. The van der Waals surface area contributed by atoms with Crippen molar-refractivity contribution in [3.05, 3.63) is 12.2 Å². The first kappa shape index (κ1) is 16.5. The molecule has 0 aromatic carbocycles. The van der Waals surface area contributed by atoms with Crippen molar-refractivity contribution in [2.45, 2.75) is 52.0 Å². The van der Waals surface area contributed by atoms with E-state index in [-0.39, 0.29) is 6.04 Å². The van der Waals surface area contributed by atoms with Gasteiger partial charge in [0.25, 0.3) is 0 Å². The average Bonchev–Trinajstić information content (AvgIpc) is 2.59. The van der Waals surface area contributed by atoms with E-state index in [0.717, 1.165) is 0 Å². The maximum absolute atomic E-state index is 12.3. The summed E-state index contributed by atoms with van der Waals surface area (Å²) in [7, 11) is 1.30. The van der Waals surface area contributed by atoms with Crippen LogP contribution in [0, 0.1) is 0 Å². The van der Waals surface area contributed by atoms with Gasteiger partial charge in [-0.2, -0.15) is 0 Å². The first-order chi connectivity index (χ1) is 9.07. The number of rotatable bonds is 2. The van der Waals surface area contributed by atoms with Crippen molar-refractivity contribution in [3.63, 3.8) is 0 Å². The fourth-order valence-electron chi connectivity index (χ4n) is 1.90. The van der Waals surface area contributed by atoms with Gasteiger partial charge in [0.15, 0.2) is 0 Å². The molecule has 0 aromatic rings. The predicted molar refractivity (Wildman–Crippen MR) is 73.0 cm³/mol. The maximum Gasteiger partial charge on any atom is 0.413 e. The molecule has 0 aromatic heterocycles. The lowest BCUT2D eigenvalue weighted by atomic mass is 10.2. The normalized spacial score (nSPS) is 22.1. The van der Waals surface area contributed by atoms with Gasteiger partial charge in [0.2, 0.25) is 0 Å². The highest BCUT2D eigenvalue weighted by atomic mass is 16.6. The second-order valence-corrected chi connectivity index (χ2v) is 6.06. The molecule has 1 heterocycles. The molecule has 6 heteroatoms. The van der Waals surface area contributed by atoms with Crippen molar-refractivity contribution in [2.75, 3.05) is 13.7 Å². The van der Waals surface area contributed by atoms with Gasteiger partial charge in [-0.1, -0.05) is 6.08 Å². The van der Waals surface area contributed by atoms with Crippen LogP contribution in [0.4, 0.5) is 4.79 Å². The Balaban J connectivity index is 2.88. The molecule has 1 aliphatic heterocycles. The Morgan fingerprint density at radius 2 is 1.95 bits per heavy atom. The van der Waals surface area contributed by atoms with Crippen molar-refractivity contribution < 1.29 is 23.8 Å². The first-order valence-corrected chi connectivity index (χ1v) is 6.49. The third kappa shape index (κ3) is 4.23. The number of carbonyl (C=O) groups excluding carboxylic acids is 2. The smallest absolute Gasteiger partial charge is 0.413 e. The molecule has 1 fully saturated rings. The van der Waals surface area contributed by atoms with Crippen LogP contribution in [0.1, 0.15) is 34.6 Å². The summed E-state index contributed by atoms with van der Waals surface area (Å²) >= 11 is 0. The number of amides is 1. The summed E-state index contributed by atoms with van der Waals surface area (Å²) in [5.41, 5.74) is -1.38. The van der Waals surface area contributed by atoms with Crippen LogP contribution in [-0.4, -0.2) is 48.0 Å². The fourth-order valence-corrected chi connectivity index (χ4v) is 1.90. The lowest BCUT2D eigenvalue weighted by molar-refractivity contribution is -0.134. The number of ether oxygens (including phenoxy) is 3. The Kier molecular flexibility index (Phi) is 4.81. The van der Waals surface area contributed by atoms with Gasteiger partial charge in [0, 0.05) is 6.08 Å². The van der Waals surface area contributed by atoms with Gasteiger partial charge in [-0.05, 0) is 34.6 Å². The van der Waals surface area contributed by atoms with E-state index in [4.69, 9.17) is 9.47 Å². The van der Waals surface area contributed by atoms with Crippen LogP contribution >= 0.6 is 0 Å². The number of carbonyl (C=O) groups is 2. The average molecular weight is 285 g/mol. The molecule has 0 radical (unpaired) electrons. The third-order valence-electron chi connectivity index (χ3n) is 2.76. The summed E-state index contributed by atoms with van der Waals surface area (Å²) in [6, 6.07) is -0.362. The van der Waals surface area contributed by atoms with E-state index in [1.54, 1.807) is 40.7 Å². The van der Waals surface area contributed by atoms with Crippen LogP contribution in [0.15, 0.2) is 12.2 Å². The van der Waals surface area contributed by atoms with Crippen LogP contribution in [0.25, 0.3) is 0 Å². The zero-order chi connectivity index (χ0) is 15.6. The molecule has 0 saturated carbocycles. The largest absolute Gasteiger partial charge is 0.466 e. The van der Waals surface area contributed by atoms with Crippen LogP contribution < -0.4 is 0 Å². The topological polar surface area (TPSA) is 65.1 Å². The summed E-state index contributed by atoms with van der Waals surface area (Å²) in [4.78, 5) is 24.9. The minimum absolute atomic E-state index is 0.305. The molecule has 114 valence electrons. The fraction of sp³-hybridized carbons (Fsp3) is 0.714. The molecule has 0 aliphatic carbocycles. The molecule has 1 aliphatic rings.